The number of aromatic nitrogens is 5. The number of nitrogens with zero attached hydrogens (tertiary/aromatic N) is 5. The van der Waals surface area contributed by atoms with E-state index in [0.717, 1.165) is 11.1 Å². The largest absolute Gasteiger partial charge is 0.291 e. The van der Waals surface area contributed by atoms with Crippen LogP contribution in [0, 0.1) is 13.8 Å². The van der Waals surface area contributed by atoms with E-state index in [1.165, 1.54) is 17.1 Å². The predicted molar refractivity (Wildman–Crippen MR) is 95.6 cm³/mol. The second-order valence-corrected chi connectivity index (χ2v) is 6.31. The molecule has 2 aromatic heterocycles. The topological polar surface area (TPSA) is 77.6 Å². The van der Waals surface area contributed by atoms with Crippen molar-refractivity contribution < 1.29 is 13.6 Å². The molecule has 9 heteroatoms. The predicted octanol–water partition coefficient (Wildman–Crippen LogP) is 3.28. The van der Waals surface area contributed by atoms with E-state index in [0.29, 0.717) is 12.2 Å². The molecular weight excluding hydrogens is 354 g/mol. The molecule has 1 aromatic carbocycles. The van der Waals surface area contributed by atoms with Crippen molar-refractivity contribution in [1.82, 2.24) is 24.5 Å². The Balaban J connectivity index is 1.68. The first-order valence-corrected chi connectivity index (χ1v) is 8.44. The van der Waals surface area contributed by atoms with Crippen LogP contribution >= 0.6 is 0 Å². The molecule has 0 bridgehead atoms. The highest BCUT2D eigenvalue weighted by atomic mass is 19.3. The number of carbonyl (C=O) groups is 1. The smallest absolute Gasteiger partial charge is 0.282 e. The number of nitrogens with one attached hydrogen (secondary N) is 1. The SMILES string of the molecule is Cc1ccccc1Cn1cnc(NC(=O)C(C)n2nc(C(F)F)cc2C)n1. The molecule has 7 nitrogen and oxygen atoms in total. The van der Waals surface area contributed by atoms with Crippen LogP contribution < -0.4 is 5.32 Å². The molecule has 3 rings (SSSR count). The van der Waals surface area contributed by atoms with Crippen LogP contribution in [0.2, 0.25) is 0 Å². The number of hydrogen-bond acceptors (Lipinski definition) is 4. The highest BCUT2D eigenvalue weighted by molar-refractivity contribution is 5.91. The number of anilines is 1. The molecule has 1 amide bonds. The van der Waals surface area contributed by atoms with E-state index in [2.05, 4.69) is 20.5 Å². The highest BCUT2D eigenvalue weighted by Gasteiger charge is 2.22. The third-order valence-corrected chi connectivity index (χ3v) is 4.28. The van der Waals surface area contributed by atoms with Crippen LogP contribution in [0.1, 0.15) is 41.9 Å². The van der Waals surface area contributed by atoms with Gasteiger partial charge in [0.2, 0.25) is 5.95 Å². The first-order chi connectivity index (χ1) is 12.8. The number of halogens is 2. The molecule has 0 aliphatic rings. The number of aryl methyl sites for hydroxylation is 2. The quantitative estimate of drug-likeness (QED) is 0.718. The van der Waals surface area contributed by atoms with Crippen molar-refractivity contribution in [3.05, 3.63) is 59.2 Å². The summed E-state index contributed by atoms with van der Waals surface area (Å²) >= 11 is 0. The van der Waals surface area contributed by atoms with Gasteiger partial charge in [-0.05, 0) is 38.0 Å². The van der Waals surface area contributed by atoms with E-state index < -0.39 is 18.4 Å². The highest BCUT2D eigenvalue weighted by Crippen LogP contribution is 2.20. The number of hydrogen-bond donors (Lipinski definition) is 1. The van der Waals surface area contributed by atoms with Gasteiger partial charge in [0.25, 0.3) is 12.3 Å². The zero-order chi connectivity index (χ0) is 19.6. The summed E-state index contributed by atoms with van der Waals surface area (Å²) in [7, 11) is 0. The summed E-state index contributed by atoms with van der Waals surface area (Å²) in [5.41, 5.74) is 2.36. The van der Waals surface area contributed by atoms with E-state index in [1.807, 2.05) is 31.2 Å². The molecular formula is C18H20F2N6O. The van der Waals surface area contributed by atoms with Crippen molar-refractivity contribution in [3.63, 3.8) is 0 Å². The van der Waals surface area contributed by atoms with E-state index in [9.17, 15) is 13.6 Å². The van der Waals surface area contributed by atoms with Gasteiger partial charge in [0, 0.05) is 5.69 Å². The molecule has 0 aliphatic carbocycles. The van der Waals surface area contributed by atoms with Gasteiger partial charge in [0.1, 0.15) is 18.1 Å². The molecule has 0 radical (unpaired) electrons. The maximum absolute atomic E-state index is 12.8. The van der Waals surface area contributed by atoms with Crippen LogP contribution in [0.5, 0.6) is 0 Å². The lowest BCUT2D eigenvalue weighted by atomic mass is 10.1. The Labute approximate surface area is 155 Å². The Morgan fingerprint density at radius 2 is 1.96 bits per heavy atom. The van der Waals surface area contributed by atoms with Crippen molar-refractivity contribution >= 4 is 11.9 Å². The molecule has 0 aliphatic heterocycles. The fourth-order valence-electron chi connectivity index (χ4n) is 2.73. The molecule has 2 heterocycles. The van der Waals surface area contributed by atoms with Gasteiger partial charge >= 0.3 is 0 Å². The van der Waals surface area contributed by atoms with Crippen LogP contribution in [0.15, 0.2) is 36.7 Å². The fourth-order valence-corrected chi connectivity index (χ4v) is 2.73. The van der Waals surface area contributed by atoms with Crippen molar-refractivity contribution in [2.24, 2.45) is 0 Å². The molecule has 27 heavy (non-hydrogen) atoms. The number of amides is 1. The maximum Gasteiger partial charge on any atom is 0.282 e. The minimum Gasteiger partial charge on any atom is -0.291 e. The van der Waals surface area contributed by atoms with Crippen molar-refractivity contribution in [1.29, 1.82) is 0 Å². The normalized spacial score (nSPS) is 12.4. The summed E-state index contributed by atoms with van der Waals surface area (Å²) in [5, 5.41) is 10.6. The Morgan fingerprint density at radius 1 is 1.22 bits per heavy atom. The first-order valence-electron chi connectivity index (χ1n) is 8.44. The van der Waals surface area contributed by atoms with Crippen LogP contribution in [-0.2, 0) is 11.3 Å². The minimum absolute atomic E-state index is 0.152. The monoisotopic (exact) mass is 374 g/mol. The van der Waals surface area contributed by atoms with Crippen molar-refractivity contribution in [2.75, 3.05) is 5.32 Å². The van der Waals surface area contributed by atoms with Crippen molar-refractivity contribution in [3.8, 4) is 0 Å². The zero-order valence-corrected chi connectivity index (χ0v) is 15.2. The number of rotatable bonds is 6. The number of benzene rings is 1. The molecule has 0 fully saturated rings. The average Bonchev–Trinajstić information content (AvgIpc) is 3.23. The van der Waals surface area contributed by atoms with Gasteiger partial charge < -0.3 is 0 Å². The lowest BCUT2D eigenvalue weighted by Gasteiger charge is -2.13. The number of carbonyl (C=O) groups excluding carboxylic acids is 1. The molecule has 0 spiro atoms. The second kappa shape index (κ2) is 7.65. The lowest BCUT2D eigenvalue weighted by Crippen LogP contribution is -2.26. The third kappa shape index (κ3) is 4.18. The average molecular weight is 374 g/mol. The molecule has 0 saturated heterocycles. The van der Waals surface area contributed by atoms with Crippen molar-refractivity contribution in [2.45, 2.75) is 39.8 Å². The van der Waals surface area contributed by atoms with Crippen LogP contribution in [0.25, 0.3) is 0 Å². The Bertz CT molecular complexity index is 949. The standard InChI is InChI=1S/C18H20F2N6O/c1-11-6-4-5-7-14(11)9-25-10-21-18(24-25)22-17(27)13(3)26-12(2)8-15(23-26)16(19)20/h4-8,10,13,16H,9H2,1-3H3,(H,22,24,27). The van der Waals surface area contributed by atoms with Crippen LogP contribution in [0.4, 0.5) is 14.7 Å². The fraction of sp³-hybridized carbons (Fsp3) is 0.333. The molecule has 0 saturated carbocycles. The molecule has 1 atom stereocenters. The molecule has 142 valence electrons. The van der Waals surface area contributed by atoms with Gasteiger partial charge in [-0.1, -0.05) is 24.3 Å². The Hall–Kier alpha value is -3.10. The summed E-state index contributed by atoms with van der Waals surface area (Å²) in [6.07, 6.45) is -1.15. The van der Waals surface area contributed by atoms with Gasteiger partial charge in [-0.2, -0.15) is 5.10 Å². The van der Waals surface area contributed by atoms with Gasteiger partial charge in [-0.25, -0.2) is 18.4 Å². The van der Waals surface area contributed by atoms with Gasteiger partial charge in [-0.3, -0.25) is 14.8 Å². The van der Waals surface area contributed by atoms with E-state index in [4.69, 9.17) is 0 Å². The summed E-state index contributed by atoms with van der Waals surface area (Å²) in [4.78, 5) is 16.5. The third-order valence-electron chi connectivity index (χ3n) is 4.28. The number of alkyl halides is 2. The van der Waals surface area contributed by atoms with E-state index >= 15 is 0 Å². The lowest BCUT2D eigenvalue weighted by molar-refractivity contribution is -0.119. The summed E-state index contributed by atoms with van der Waals surface area (Å²) < 4.78 is 28.5. The molecule has 1 N–H and O–H groups in total. The maximum atomic E-state index is 12.8. The van der Waals surface area contributed by atoms with E-state index in [1.54, 1.807) is 18.5 Å². The summed E-state index contributed by atoms with van der Waals surface area (Å²) in [6.45, 7) is 5.74. The molecule has 3 aromatic rings. The van der Waals surface area contributed by atoms with Gasteiger partial charge in [0.05, 0.1) is 6.54 Å². The van der Waals surface area contributed by atoms with E-state index in [-0.39, 0.29) is 11.6 Å². The van der Waals surface area contributed by atoms with Crippen LogP contribution in [0.3, 0.4) is 0 Å². The summed E-state index contributed by atoms with van der Waals surface area (Å²) in [6, 6.07) is 8.41. The summed E-state index contributed by atoms with van der Waals surface area (Å²) in [5.74, 6) is -0.282. The first kappa shape index (κ1) is 18.7. The second-order valence-electron chi connectivity index (χ2n) is 6.31. The van der Waals surface area contributed by atoms with Crippen LogP contribution in [-0.4, -0.2) is 30.5 Å². The zero-order valence-electron chi connectivity index (χ0n) is 15.2. The molecule has 1 unspecified atom stereocenters. The Kier molecular flexibility index (Phi) is 5.29. The van der Waals surface area contributed by atoms with Gasteiger partial charge in [-0.15, -0.1) is 5.10 Å². The minimum atomic E-state index is -2.68. The Morgan fingerprint density at radius 3 is 2.63 bits per heavy atom. The van der Waals surface area contributed by atoms with Gasteiger partial charge in [0.15, 0.2) is 0 Å².